The summed E-state index contributed by atoms with van der Waals surface area (Å²) < 4.78 is 18.3. The van der Waals surface area contributed by atoms with Gasteiger partial charge in [-0.1, -0.05) is 30.3 Å². The summed E-state index contributed by atoms with van der Waals surface area (Å²) in [6.45, 7) is 4.64. The van der Waals surface area contributed by atoms with Gasteiger partial charge in [-0.15, -0.1) is 0 Å². The summed E-state index contributed by atoms with van der Waals surface area (Å²) >= 11 is 0. The lowest BCUT2D eigenvalue weighted by molar-refractivity contribution is -0.136. The Kier molecular flexibility index (Phi) is 7.19. The van der Waals surface area contributed by atoms with Crippen molar-refractivity contribution in [2.75, 3.05) is 32.8 Å². The van der Waals surface area contributed by atoms with Crippen LogP contribution in [0.3, 0.4) is 0 Å². The smallest absolute Gasteiger partial charge is 0.260 e. The molecule has 1 N–H and O–H groups in total. The summed E-state index contributed by atoms with van der Waals surface area (Å²) in [5.74, 6) is -0.0211. The molecule has 2 aromatic carbocycles. The number of piperazine rings is 1. The molecule has 7 heteroatoms. The number of carbonyl (C=O) groups is 2. The highest BCUT2D eigenvalue weighted by Crippen LogP contribution is 2.12. The number of nitrogens with one attached hydrogen (secondary N) is 1. The molecule has 2 aromatic rings. The Morgan fingerprint density at radius 1 is 1.03 bits per heavy atom. The van der Waals surface area contributed by atoms with Crippen LogP contribution in [0.5, 0.6) is 5.75 Å². The molecule has 1 unspecified atom stereocenters. The first kappa shape index (κ1) is 20.8. The van der Waals surface area contributed by atoms with Crippen LogP contribution in [-0.4, -0.2) is 60.4 Å². The van der Waals surface area contributed by atoms with E-state index in [2.05, 4.69) is 10.2 Å². The van der Waals surface area contributed by atoms with Crippen molar-refractivity contribution in [2.24, 2.45) is 0 Å². The maximum absolute atomic E-state index is 12.9. The van der Waals surface area contributed by atoms with E-state index in [9.17, 15) is 14.0 Å². The predicted octanol–water partition coefficient (Wildman–Crippen LogP) is 2.05. The highest BCUT2D eigenvalue weighted by atomic mass is 19.1. The number of carbonyl (C=O) groups excluding carboxylic acids is 2. The number of ether oxygens (including phenoxy) is 1. The van der Waals surface area contributed by atoms with E-state index in [-0.39, 0.29) is 30.3 Å². The maximum atomic E-state index is 12.9. The Bertz CT molecular complexity index is 806. The summed E-state index contributed by atoms with van der Waals surface area (Å²) in [6.07, 6.45) is 0. The molecule has 1 fully saturated rings. The molecule has 1 aliphatic rings. The van der Waals surface area contributed by atoms with Crippen molar-refractivity contribution >= 4 is 11.8 Å². The summed E-state index contributed by atoms with van der Waals surface area (Å²) in [7, 11) is 0. The van der Waals surface area contributed by atoms with Crippen molar-refractivity contribution in [3.8, 4) is 5.75 Å². The van der Waals surface area contributed by atoms with Gasteiger partial charge in [-0.3, -0.25) is 14.5 Å². The van der Waals surface area contributed by atoms with Gasteiger partial charge >= 0.3 is 0 Å². The normalized spacial score (nSPS) is 15.6. The lowest BCUT2D eigenvalue weighted by atomic mass is 10.2. The molecule has 1 saturated heterocycles. The number of halogens is 1. The highest BCUT2D eigenvalue weighted by Gasteiger charge is 2.27. The summed E-state index contributed by atoms with van der Waals surface area (Å²) in [6, 6.07) is 15.1. The van der Waals surface area contributed by atoms with Crippen molar-refractivity contribution in [3.05, 3.63) is 66.0 Å². The van der Waals surface area contributed by atoms with Crippen LogP contribution in [0, 0.1) is 5.82 Å². The van der Waals surface area contributed by atoms with Gasteiger partial charge in [0, 0.05) is 32.7 Å². The molecule has 0 spiro atoms. The zero-order chi connectivity index (χ0) is 20.6. The van der Waals surface area contributed by atoms with Crippen LogP contribution in [0.4, 0.5) is 4.39 Å². The maximum Gasteiger partial charge on any atom is 0.260 e. The first-order valence-electron chi connectivity index (χ1n) is 9.75. The van der Waals surface area contributed by atoms with E-state index >= 15 is 0 Å². The van der Waals surface area contributed by atoms with Gasteiger partial charge in [-0.25, -0.2) is 4.39 Å². The van der Waals surface area contributed by atoms with Crippen molar-refractivity contribution < 1.29 is 18.7 Å². The van der Waals surface area contributed by atoms with Crippen molar-refractivity contribution in [3.63, 3.8) is 0 Å². The van der Waals surface area contributed by atoms with Gasteiger partial charge in [0.05, 0.1) is 6.04 Å². The van der Waals surface area contributed by atoms with Crippen LogP contribution in [0.25, 0.3) is 0 Å². The molecule has 1 aliphatic heterocycles. The van der Waals surface area contributed by atoms with Crippen LogP contribution < -0.4 is 10.1 Å². The second-order valence-electron chi connectivity index (χ2n) is 7.04. The fourth-order valence-corrected chi connectivity index (χ4v) is 3.22. The van der Waals surface area contributed by atoms with E-state index in [4.69, 9.17) is 4.74 Å². The van der Waals surface area contributed by atoms with E-state index < -0.39 is 0 Å². The SMILES string of the molecule is CC(C(=O)NCc1ccccc1)N1CCN(C(=O)COc2ccc(F)cc2)CC1. The van der Waals surface area contributed by atoms with E-state index in [0.717, 1.165) is 5.56 Å². The molecule has 0 bridgehead atoms. The molecule has 1 atom stereocenters. The fourth-order valence-electron chi connectivity index (χ4n) is 3.22. The molecule has 0 aliphatic carbocycles. The minimum atomic E-state index is -0.346. The van der Waals surface area contributed by atoms with Gasteiger partial charge in [0.25, 0.3) is 5.91 Å². The van der Waals surface area contributed by atoms with Crippen molar-refractivity contribution in [1.82, 2.24) is 15.1 Å². The monoisotopic (exact) mass is 399 g/mol. The second-order valence-corrected chi connectivity index (χ2v) is 7.04. The van der Waals surface area contributed by atoms with Crippen LogP contribution in [-0.2, 0) is 16.1 Å². The summed E-state index contributed by atoms with van der Waals surface area (Å²) in [5.41, 5.74) is 1.06. The van der Waals surface area contributed by atoms with E-state index in [1.165, 1.54) is 24.3 Å². The second kappa shape index (κ2) is 10.0. The number of hydrogen-bond donors (Lipinski definition) is 1. The van der Waals surface area contributed by atoms with Crippen LogP contribution in [0.2, 0.25) is 0 Å². The third kappa shape index (κ3) is 6.02. The number of nitrogens with zero attached hydrogens (tertiary/aromatic N) is 2. The Morgan fingerprint density at radius 3 is 2.34 bits per heavy atom. The largest absolute Gasteiger partial charge is 0.484 e. The topological polar surface area (TPSA) is 61.9 Å². The standard InChI is InChI=1S/C22H26FN3O3/c1-17(22(28)24-15-18-5-3-2-4-6-18)25-11-13-26(14-12-25)21(27)16-29-20-9-7-19(23)8-10-20/h2-10,17H,11-16H2,1H3,(H,24,28). The molecule has 154 valence electrons. The number of hydrogen-bond acceptors (Lipinski definition) is 4. The zero-order valence-electron chi connectivity index (χ0n) is 16.5. The number of rotatable bonds is 7. The van der Waals surface area contributed by atoms with Gasteiger partial charge in [0.1, 0.15) is 11.6 Å². The molecule has 2 amide bonds. The minimum Gasteiger partial charge on any atom is -0.484 e. The minimum absolute atomic E-state index is 0.0201. The van der Waals surface area contributed by atoms with Gasteiger partial charge in [-0.2, -0.15) is 0 Å². The summed E-state index contributed by atoms with van der Waals surface area (Å²) in [5, 5.41) is 2.96. The molecule has 0 radical (unpaired) electrons. The lowest BCUT2D eigenvalue weighted by Crippen LogP contribution is -2.55. The molecular formula is C22H26FN3O3. The first-order chi connectivity index (χ1) is 14.0. The molecule has 0 aromatic heterocycles. The van der Waals surface area contributed by atoms with Crippen LogP contribution in [0.1, 0.15) is 12.5 Å². The molecular weight excluding hydrogens is 373 g/mol. The van der Waals surface area contributed by atoms with E-state index in [1.807, 2.05) is 37.3 Å². The van der Waals surface area contributed by atoms with E-state index in [0.29, 0.717) is 38.5 Å². The molecule has 3 rings (SSSR count). The fraction of sp³-hybridized carbons (Fsp3) is 0.364. The van der Waals surface area contributed by atoms with Gasteiger partial charge in [0.2, 0.25) is 5.91 Å². The number of benzene rings is 2. The van der Waals surface area contributed by atoms with Crippen molar-refractivity contribution in [1.29, 1.82) is 0 Å². The molecule has 0 saturated carbocycles. The summed E-state index contributed by atoms with van der Waals surface area (Å²) in [4.78, 5) is 28.6. The van der Waals surface area contributed by atoms with Gasteiger partial charge in [0.15, 0.2) is 6.61 Å². The average molecular weight is 399 g/mol. The quantitative estimate of drug-likeness (QED) is 0.774. The van der Waals surface area contributed by atoms with Crippen LogP contribution >= 0.6 is 0 Å². The highest BCUT2D eigenvalue weighted by molar-refractivity contribution is 5.81. The van der Waals surface area contributed by atoms with Crippen LogP contribution in [0.15, 0.2) is 54.6 Å². The Labute approximate surface area is 170 Å². The third-order valence-corrected chi connectivity index (χ3v) is 5.08. The van der Waals surface area contributed by atoms with Gasteiger partial charge < -0.3 is 15.0 Å². The zero-order valence-corrected chi connectivity index (χ0v) is 16.5. The average Bonchev–Trinajstić information content (AvgIpc) is 2.77. The van der Waals surface area contributed by atoms with Gasteiger partial charge in [-0.05, 0) is 36.8 Å². The third-order valence-electron chi connectivity index (χ3n) is 5.08. The molecule has 6 nitrogen and oxygen atoms in total. The Hall–Kier alpha value is -2.93. The molecule has 1 heterocycles. The lowest BCUT2D eigenvalue weighted by Gasteiger charge is -2.37. The van der Waals surface area contributed by atoms with Crippen molar-refractivity contribution in [2.45, 2.75) is 19.5 Å². The Morgan fingerprint density at radius 2 is 1.69 bits per heavy atom. The number of amides is 2. The first-order valence-corrected chi connectivity index (χ1v) is 9.75. The van der Waals surface area contributed by atoms with E-state index in [1.54, 1.807) is 4.90 Å². The predicted molar refractivity (Wildman–Crippen MR) is 108 cm³/mol. The Balaban J connectivity index is 1.40. The molecule has 29 heavy (non-hydrogen) atoms.